The number of amides is 1. The van der Waals surface area contributed by atoms with Crippen LogP contribution in [0.15, 0.2) is 48.8 Å². The van der Waals surface area contributed by atoms with E-state index in [0.29, 0.717) is 19.0 Å². The Kier molecular flexibility index (Phi) is 4.47. The number of piperidine rings is 1. The smallest absolute Gasteiger partial charge is 0.256 e. The molecule has 1 amide bonds. The van der Waals surface area contributed by atoms with E-state index in [1.54, 1.807) is 4.90 Å². The van der Waals surface area contributed by atoms with E-state index in [1.165, 1.54) is 17.8 Å². The second-order valence-electron chi connectivity index (χ2n) is 5.78. The Hall–Kier alpha value is -2.23. The van der Waals surface area contributed by atoms with E-state index in [2.05, 4.69) is 29.2 Å². The maximum Gasteiger partial charge on any atom is 0.256 e. The molecule has 0 aliphatic carbocycles. The van der Waals surface area contributed by atoms with Gasteiger partial charge in [-0.1, -0.05) is 30.3 Å². The predicted octanol–water partition coefficient (Wildman–Crippen LogP) is 3.32. The quantitative estimate of drug-likeness (QED) is 0.871. The largest absolute Gasteiger partial charge is 0.339 e. The van der Waals surface area contributed by atoms with E-state index >= 15 is 0 Å². The van der Waals surface area contributed by atoms with Crippen molar-refractivity contribution in [3.05, 3.63) is 65.7 Å². The predicted molar refractivity (Wildman–Crippen MR) is 83.0 cm³/mol. The normalized spacial score (nSPS) is 15.8. The lowest BCUT2D eigenvalue weighted by atomic mass is 9.90. The van der Waals surface area contributed by atoms with Gasteiger partial charge in [0.15, 0.2) is 5.82 Å². The van der Waals surface area contributed by atoms with E-state index in [9.17, 15) is 9.18 Å². The van der Waals surface area contributed by atoms with E-state index < -0.39 is 5.82 Å². The fourth-order valence-electron chi connectivity index (χ4n) is 3.01. The Bertz CT molecular complexity index is 637. The lowest BCUT2D eigenvalue weighted by Crippen LogP contribution is -2.39. The molecule has 1 aromatic heterocycles. The van der Waals surface area contributed by atoms with Gasteiger partial charge in [-0.05, 0) is 36.8 Å². The van der Waals surface area contributed by atoms with Crippen molar-refractivity contribution in [3.8, 4) is 0 Å². The van der Waals surface area contributed by atoms with Crippen molar-refractivity contribution >= 4 is 5.91 Å². The summed E-state index contributed by atoms with van der Waals surface area (Å²) in [6, 6.07) is 11.9. The van der Waals surface area contributed by atoms with Crippen LogP contribution in [-0.4, -0.2) is 28.9 Å². The Morgan fingerprint density at radius 3 is 2.59 bits per heavy atom. The van der Waals surface area contributed by atoms with Crippen LogP contribution in [0.2, 0.25) is 0 Å². The van der Waals surface area contributed by atoms with Crippen LogP contribution < -0.4 is 0 Å². The zero-order valence-corrected chi connectivity index (χ0v) is 12.4. The third-order valence-corrected chi connectivity index (χ3v) is 4.27. The van der Waals surface area contributed by atoms with Gasteiger partial charge in [0.05, 0.1) is 11.8 Å². The maximum atomic E-state index is 13.6. The highest BCUT2D eigenvalue weighted by Gasteiger charge is 2.25. The monoisotopic (exact) mass is 298 g/mol. The summed E-state index contributed by atoms with van der Waals surface area (Å²) in [5, 5.41) is 0. The molecule has 0 bridgehead atoms. The highest BCUT2D eigenvalue weighted by Crippen LogP contribution is 2.23. The number of hydrogen-bond donors (Lipinski definition) is 0. The minimum Gasteiger partial charge on any atom is -0.339 e. The van der Waals surface area contributed by atoms with Crippen LogP contribution in [0.3, 0.4) is 0 Å². The van der Waals surface area contributed by atoms with E-state index in [1.807, 2.05) is 6.07 Å². The van der Waals surface area contributed by atoms with Crippen LogP contribution in [0.1, 0.15) is 28.8 Å². The van der Waals surface area contributed by atoms with Crippen molar-refractivity contribution in [1.82, 2.24) is 9.88 Å². The van der Waals surface area contributed by atoms with Crippen molar-refractivity contribution in [3.63, 3.8) is 0 Å². The van der Waals surface area contributed by atoms with Crippen molar-refractivity contribution in [2.75, 3.05) is 13.1 Å². The summed E-state index contributed by atoms with van der Waals surface area (Å²) in [5.41, 5.74) is 1.46. The molecule has 1 fully saturated rings. The molecule has 2 aromatic rings. The van der Waals surface area contributed by atoms with Gasteiger partial charge in [0.25, 0.3) is 5.91 Å². The summed E-state index contributed by atoms with van der Waals surface area (Å²) in [7, 11) is 0. The summed E-state index contributed by atoms with van der Waals surface area (Å²) < 4.78 is 13.6. The summed E-state index contributed by atoms with van der Waals surface area (Å²) in [5.74, 6) is -0.175. The number of carbonyl (C=O) groups is 1. The number of halogens is 1. The van der Waals surface area contributed by atoms with Crippen LogP contribution in [0.5, 0.6) is 0 Å². The molecule has 1 saturated heterocycles. The van der Waals surface area contributed by atoms with E-state index in [-0.39, 0.29) is 11.5 Å². The minimum absolute atomic E-state index is 0.122. The number of benzene rings is 1. The molecule has 0 spiro atoms. The number of pyridine rings is 1. The number of carbonyl (C=O) groups excluding carboxylic acids is 1. The van der Waals surface area contributed by atoms with Crippen LogP contribution in [-0.2, 0) is 6.42 Å². The first kappa shape index (κ1) is 14.7. The molecule has 3 rings (SSSR count). The fraction of sp³-hybridized carbons (Fsp3) is 0.333. The highest BCUT2D eigenvalue weighted by atomic mass is 19.1. The van der Waals surface area contributed by atoms with Crippen LogP contribution in [0.4, 0.5) is 4.39 Å². The molecule has 1 aromatic carbocycles. The number of rotatable bonds is 3. The number of hydrogen-bond acceptors (Lipinski definition) is 2. The first-order chi connectivity index (χ1) is 10.7. The Morgan fingerprint density at radius 2 is 1.91 bits per heavy atom. The van der Waals surface area contributed by atoms with Crippen LogP contribution in [0, 0.1) is 11.7 Å². The second kappa shape index (κ2) is 6.69. The third-order valence-electron chi connectivity index (χ3n) is 4.27. The first-order valence-electron chi connectivity index (χ1n) is 7.67. The Balaban J connectivity index is 1.58. The van der Waals surface area contributed by atoms with E-state index in [0.717, 1.165) is 25.5 Å². The van der Waals surface area contributed by atoms with Gasteiger partial charge in [-0.3, -0.25) is 9.78 Å². The lowest BCUT2D eigenvalue weighted by Gasteiger charge is -2.32. The van der Waals surface area contributed by atoms with Gasteiger partial charge in [-0.15, -0.1) is 0 Å². The van der Waals surface area contributed by atoms with Crippen LogP contribution >= 0.6 is 0 Å². The molecular formula is C18H19FN2O. The molecule has 4 heteroatoms. The average molecular weight is 298 g/mol. The Labute approximate surface area is 129 Å². The second-order valence-corrected chi connectivity index (χ2v) is 5.78. The molecule has 0 unspecified atom stereocenters. The molecule has 0 atom stereocenters. The SMILES string of the molecule is O=C(c1ccncc1F)N1CCC(Cc2ccccc2)CC1. The third kappa shape index (κ3) is 3.32. The van der Waals surface area contributed by atoms with E-state index in [4.69, 9.17) is 0 Å². The molecule has 3 nitrogen and oxygen atoms in total. The van der Waals surface area contributed by atoms with Gasteiger partial charge in [0, 0.05) is 19.3 Å². The minimum atomic E-state index is -0.543. The molecule has 0 radical (unpaired) electrons. The molecule has 114 valence electrons. The van der Waals surface area contributed by atoms with Gasteiger partial charge in [0.1, 0.15) is 0 Å². The summed E-state index contributed by atoms with van der Waals surface area (Å²) in [6.07, 6.45) is 5.53. The average Bonchev–Trinajstić information content (AvgIpc) is 2.56. The molecule has 1 aliphatic rings. The molecule has 22 heavy (non-hydrogen) atoms. The van der Waals surface area contributed by atoms with Gasteiger partial charge in [-0.25, -0.2) is 4.39 Å². The molecule has 0 N–H and O–H groups in total. The zero-order valence-electron chi connectivity index (χ0n) is 12.4. The van der Waals surface area contributed by atoms with Crippen molar-refractivity contribution in [1.29, 1.82) is 0 Å². The fourth-order valence-corrected chi connectivity index (χ4v) is 3.01. The lowest BCUT2D eigenvalue weighted by molar-refractivity contribution is 0.0685. The first-order valence-corrected chi connectivity index (χ1v) is 7.67. The van der Waals surface area contributed by atoms with Gasteiger partial charge < -0.3 is 4.90 Å². The standard InChI is InChI=1S/C18H19FN2O/c19-17-13-20-9-6-16(17)18(22)21-10-7-15(8-11-21)12-14-4-2-1-3-5-14/h1-6,9,13,15H,7-8,10-12H2. The van der Waals surface area contributed by atoms with Crippen molar-refractivity contribution in [2.45, 2.75) is 19.3 Å². The summed E-state index contributed by atoms with van der Waals surface area (Å²) in [4.78, 5) is 17.8. The van der Waals surface area contributed by atoms with Gasteiger partial charge in [0.2, 0.25) is 0 Å². The number of likely N-dealkylation sites (tertiary alicyclic amines) is 1. The molecule has 0 saturated carbocycles. The van der Waals surface area contributed by atoms with Gasteiger partial charge >= 0.3 is 0 Å². The summed E-state index contributed by atoms with van der Waals surface area (Å²) in [6.45, 7) is 1.39. The van der Waals surface area contributed by atoms with Crippen molar-refractivity contribution in [2.24, 2.45) is 5.92 Å². The number of nitrogens with zero attached hydrogens (tertiary/aromatic N) is 2. The van der Waals surface area contributed by atoms with Crippen LogP contribution in [0.25, 0.3) is 0 Å². The van der Waals surface area contributed by atoms with Gasteiger partial charge in [-0.2, -0.15) is 0 Å². The molecule has 2 heterocycles. The highest BCUT2D eigenvalue weighted by molar-refractivity contribution is 5.94. The van der Waals surface area contributed by atoms with Crippen molar-refractivity contribution < 1.29 is 9.18 Å². The Morgan fingerprint density at radius 1 is 1.18 bits per heavy atom. The maximum absolute atomic E-state index is 13.6. The molecular weight excluding hydrogens is 279 g/mol. The summed E-state index contributed by atoms with van der Waals surface area (Å²) >= 11 is 0. The zero-order chi connectivity index (χ0) is 15.4. The number of aromatic nitrogens is 1. The molecule has 1 aliphatic heterocycles. The topological polar surface area (TPSA) is 33.2 Å².